The first-order valence-electron chi connectivity index (χ1n) is 12.0. The average molecular weight is 443 g/mol. The van der Waals surface area contributed by atoms with E-state index in [9.17, 15) is 4.79 Å². The SMILES string of the molecule is CC(Oc1cccc(Cl)c1)C1C[C@H]2[C@@H]3C(C)CC4OC(=O)C=C[C@]4(C)[C@@H]3CC[C@]2(C)C1. The summed E-state index contributed by atoms with van der Waals surface area (Å²) in [7, 11) is 0. The smallest absolute Gasteiger partial charge is 0.330 e. The molecule has 0 bridgehead atoms. The maximum atomic E-state index is 11.9. The highest BCUT2D eigenvalue weighted by atomic mass is 35.5. The Balaban J connectivity index is 1.37. The van der Waals surface area contributed by atoms with Crippen molar-refractivity contribution in [3.8, 4) is 5.75 Å². The van der Waals surface area contributed by atoms with Gasteiger partial charge in [0.15, 0.2) is 0 Å². The fraction of sp³-hybridized carbons (Fsp3) is 0.667. The minimum Gasteiger partial charge on any atom is -0.490 e. The third-order valence-corrected chi connectivity index (χ3v) is 9.73. The van der Waals surface area contributed by atoms with Crippen molar-refractivity contribution in [2.45, 2.75) is 72.0 Å². The van der Waals surface area contributed by atoms with Crippen molar-refractivity contribution in [3.05, 3.63) is 41.4 Å². The first-order valence-corrected chi connectivity index (χ1v) is 12.4. The minimum absolute atomic E-state index is 0.0204. The van der Waals surface area contributed by atoms with Gasteiger partial charge in [0.1, 0.15) is 11.9 Å². The fourth-order valence-corrected chi connectivity index (χ4v) is 8.04. The number of carbonyl (C=O) groups is 1. The van der Waals surface area contributed by atoms with E-state index in [4.69, 9.17) is 21.1 Å². The van der Waals surface area contributed by atoms with Gasteiger partial charge in [0.05, 0.1) is 6.10 Å². The van der Waals surface area contributed by atoms with E-state index < -0.39 is 0 Å². The third-order valence-electron chi connectivity index (χ3n) is 9.49. The first kappa shape index (κ1) is 21.4. The highest BCUT2D eigenvalue weighted by Crippen LogP contribution is 2.66. The Morgan fingerprint density at radius 1 is 1.23 bits per heavy atom. The van der Waals surface area contributed by atoms with Crippen LogP contribution in [0, 0.1) is 40.4 Å². The number of benzene rings is 1. The molecular weight excluding hydrogens is 408 g/mol. The van der Waals surface area contributed by atoms with Gasteiger partial charge in [0.25, 0.3) is 0 Å². The second-order valence-electron chi connectivity index (χ2n) is 11.3. The van der Waals surface area contributed by atoms with Crippen LogP contribution in [-0.2, 0) is 9.53 Å². The van der Waals surface area contributed by atoms with Gasteiger partial charge in [-0.2, -0.15) is 0 Å². The number of halogens is 1. The van der Waals surface area contributed by atoms with E-state index in [2.05, 4.69) is 33.8 Å². The van der Waals surface area contributed by atoms with Gasteiger partial charge in [0, 0.05) is 16.5 Å². The van der Waals surface area contributed by atoms with Gasteiger partial charge in [0.2, 0.25) is 0 Å². The Hall–Kier alpha value is -1.48. The van der Waals surface area contributed by atoms with E-state index >= 15 is 0 Å². The van der Waals surface area contributed by atoms with Crippen LogP contribution in [-0.4, -0.2) is 18.2 Å². The van der Waals surface area contributed by atoms with Gasteiger partial charge in [-0.15, -0.1) is 0 Å². The molecule has 1 aromatic rings. The summed E-state index contributed by atoms with van der Waals surface area (Å²) < 4.78 is 12.2. The van der Waals surface area contributed by atoms with Crippen molar-refractivity contribution in [1.29, 1.82) is 0 Å². The van der Waals surface area contributed by atoms with Crippen LogP contribution in [0.5, 0.6) is 5.75 Å². The molecule has 0 saturated heterocycles. The van der Waals surface area contributed by atoms with Crippen LogP contribution in [0.1, 0.15) is 59.8 Å². The van der Waals surface area contributed by atoms with Crippen LogP contribution >= 0.6 is 11.6 Å². The number of carbonyl (C=O) groups excluding carboxylic acids is 1. The summed E-state index contributed by atoms with van der Waals surface area (Å²) in [6, 6.07) is 7.76. The maximum Gasteiger partial charge on any atom is 0.330 e. The van der Waals surface area contributed by atoms with E-state index in [1.165, 1.54) is 25.7 Å². The van der Waals surface area contributed by atoms with Crippen LogP contribution in [0.25, 0.3) is 0 Å². The van der Waals surface area contributed by atoms with Gasteiger partial charge >= 0.3 is 5.97 Å². The van der Waals surface area contributed by atoms with Crippen LogP contribution in [0.3, 0.4) is 0 Å². The molecule has 1 heterocycles. The largest absolute Gasteiger partial charge is 0.490 e. The number of esters is 1. The molecule has 1 aromatic carbocycles. The number of hydrogen-bond donors (Lipinski definition) is 0. The standard InChI is InChI=1S/C27H35ClO3/c1-16-12-23-27(4,11-9-24(29)31-23)21-8-10-26(3)15-18(13-22(26)25(16)21)17(2)30-20-7-5-6-19(28)14-20/h5-7,9,11,14,16-18,21-23,25H,8,10,12-13,15H2,1-4H3/t16?,17?,18?,21-,22+,23?,25-,26-,27-/m1/s1. The molecule has 0 aromatic heterocycles. The monoisotopic (exact) mass is 442 g/mol. The Morgan fingerprint density at radius 3 is 2.81 bits per heavy atom. The zero-order chi connectivity index (χ0) is 22.0. The van der Waals surface area contributed by atoms with Crippen LogP contribution in [0.4, 0.5) is 0 Å². The average Bonchev–Trinajstić information content (AvgIpc) is 3.07. The summed E-state index contributed by atoms with van der Waals surface area (Å²) in [6.45, 7) is 9.49. The number of fused-ring (bicyclic) bond motifs is 5. The van der Waals surface area contributed by atoms with E-state index in [0.29, 0.717) is 35.0 Å². The molecule has 5 rings (SSSR count). The predicted molar refractivity (Wildman–Crippen MR) is 123 cm³/mol. The highest BCUT2D eigenvalue weighted by Gasteiger charge is 2.61. The molecule has 168 valence electrons. The molecule has 4 aliphatic rings. The van der Waals surface area contributed by atoms with Gasteiger partial charge < -0.3 is 9.47 Å². The Labute approximate surface area is 191 Å². The summed E-state index contributed by atoms with van der Waals surface area (Å²) in [4.78, 5) is 11.9. The molecule has 3 fully saturated rings. The van der Waals surface area contributed by atoms with Gasteiger partial charge in [-0.3, -0.25) is 0 Å². The molecule has 0 spiro atoms. The zero-order valence-corrected chi connectivity index (χ0v) is 19.9. The molecule has 3 nitrogen and oxygen atoms in total. The maximum absolute atomic E-state index is 11.9. The van der Waals surface area contributed by atoms with Crippen molar-refractivity contribution >= 4 is 17.6 Å². The summed E-state index contributed by atoms with van der Waals surface area (Å²) >= 11 is 6.16. The molecular formula is C27H35ClO3. The van der Waals surface area contributed by atoms with E-state index in [0.717, 1.165) is 17.2 Å². The second kappa shape index (κ2) is 7.54. The summed E-state index contributed by atoms with van der Waals surface area (Å²) in [5.41, 5.74) is 0.359. The van der Waals surface area contributed by atoms with Crippen LogP contribution in [0.2, 0.25) is 5.02 Å². The Morgan fingerprint density at radius 2 is 2.03 bits per heavy atom. The topological polar surface area (TPSA) is 35.5 Å². The van der Waals surface area contributed by atoms with Gasteiger partial charge in [-0.05, 0) is 92.2 Å². The van der Waals surface area contributed by atoms with Crippen molar-refractivity contribution < 1.29 is 14.3 Å². The molecule has 0 radical (unpaired) electrons. The number of rotatable bonds is 3. The van der Waals surface area contributed by atoms with Crippen molar-refractivity contribution in [2.75, 3.05) is 0 Å². The van der Waals surface area contributed by atoms with Crippen molar-refractivity contribution in [3.63, 3.8) is 0 Å². The van der Waals surface area contributed by atoms with Gasteiger partial charge in [-0.25, -0.2) is 4.79 Å². The summed E-state index contributed by atoms with van der Waals surface area (Å²) in [6.07, 6.45) is 10.0. The van der Waals surface area contributed by atoms with E-state index in [-0.39, 0.29) is 23.6 Å². The molecule has 3 saturated carbocycles. The van der Waals surface area contributed by atoms with Crippen LogP contribution in [0.15, 0.2) is 36.4 Å². The quantitative estimate of drug-likeness (QED) is 0.489. The molecule has 1 aliphatic heterocycles. The van der Waals surface area contributed by atoms with Crippen LogP contribution < -0.4 is 4.74 Å². The molecule has 9 atom stereocenters. The lowest BCUT2D eigenvalue weighted by Gasteiger charge is -2.59. The highest BCUT2D eigenvalue weighted by molar-refractivity contribution is 6.30. The Kier molecular flexibility index (Phi) is 5.20. The lowest BCUT2D eigenvalue weighted by atomic mass is 9.47. The number of ether oxygens (including phenoxy) is 2. The fourth-order valence-electron chi connectivity index (χ4n) is 7.86. The zero-order valence-electron chi connectivity index (χ0n) is 19.1. The van der Waals surface area contributed by atoms with E-state index in [1.54, 1.807) is 6.08 Å². The minimum atomic E-state index is -0.165. The predicted octanol–water partition coefficient (Wildman–Crippen LogP) is 6.69. The second-order valence-corrected chi connectivity index (χ2v) is 11.7. The lowest BCUT2D eigenvalue weighted by Crippen LogP contribution is -2.57. The third kappa shape index (κ3) is 3.52. The normalized spacial score (nSPS) is 44.6. The molecule has 3 aliphatic carbocycles. The molecule has 31 heavy (non-hydrogen) atoms. The van der Waals surface area contributed by atoms with Crippen molar-refractivity contribution in [1.82, 2.24) is 0 Å². The van der Waals surface area contributed by atoms with E-state index in [1.807, 2.05) is 24.3 Å². The molecule has 4 unspecified atom stereocenters. The molecule has 0 N–H and O–H groups in total. The van der Waals surface area contributed by atoms with Gasteiger partial charge in [-0.1, -0.05) is 44.5 Å². The lowest BCUT2D eigenvalue weighted by molar-refractivity contribution is -0.173. The molecule has 0 amide bonds. The summed E-state index contributed by atoms with van der Waals surface area (Å²) in [5.74, 6) is 3.83. The summed E-state index contributed by atoms with van der Waals surface area (Å²) in [5, 5.41) is 0.722. The Bertz CT molecular complexity index is 896. The number of hydrogen-bond acceptors (Lipinski definition) is 3. The molecule has 4 heteroatoms. The first-order chi connectivity index (χ1) is 14.7. The van der Waals surface area contributed by atoms with Crippen molar-refractivity contribution in [2.24, 2.45) is 40.4 Å².